The van der Waals surface area contributed by atoms with Gasteiger partial charge in [-0.15, -0.1) is 26.3 Å². The van der Waals surface area contributed by atoms with E-state index in [0.717, 1.165) is 86.7 Å². The molecule has 8 aromatic rings. The number of hydrogen-bond donors (Lipinski definition) is 10. The molecule has 12 N–H and O–H groups in total. The average Bonchev–Trinajstić information content (AvgIpc) is 0.810. The van der Waals surface area contributed by atoms with E-state index in [4.69, 9.17) is 10.3 Å². The van der Waals surface area contributed by atoms with Gasteiger partial charge in [0.15, 0.2) is 0 Å². The van der Waals surface area contributed by atoms with E-state index in [1.165, 1.54) is 66.8 Å². The molecule has 8 aromatic carbocycles. The third kappa shape index (κ3) is 31.3. The Morgan fingerprint density at radius 1 is 0.317 bits per heavy atom. The van der Waals surface area contributed by atoms with E-state index in [0.29, 0.717) is 125 Å². The Labute approximate surface area is 735 Å². The molecule has 4 aliphatic heterocycles. The number of amides is 6. The number of phenols is 4. The number of nitrogens with one attached hydrogen (secondary N) is 4. The number of primary sulfonamides is 2. The molecule has 4 heterocycles. The smallest absolute Gasteiger partial charge is 0.254 e. The number of nitrogens with zero attached hydrogens (tertiary/aromatic N) is 12. The Hall–Kier alpha value is -13.0. The predicted molar refractivity (Wildman–Crippen MR) is 488 cm³/mol. The number of piperazine rings is 4. The molecule has 126 heavy (non-hydrogen) atoms. The highest BCUT2D eigenvalue weighted by Gasteiger charge is 2.27. The highest BCUT2D eigenvalue weighted by atomic mass is 32.2. The van der Waals surface area contributed by atoms with E-state index in [1.807, 2.05) is 87.5 Å². The first kappa shape index (κ1) is 96.8. The second-order valence-corrected chi connectivity index (χ2v) is 33.0. The van der Waals surface area contributed by atoms with Crippen LogP contribution in [-0.2, 0) is 78.0 Å². The molecule has 32 nitrogen and oxygen atoms in total. The van der Waals surface area contributed by atoms with Crippen molar-refractivity contribution >= 4 is 80.3 Å². The monoisotopic (exact) mass is 1750 g/mol. The fraction of sp³-hybridized carbons (Fsp3) is 0.283. The summed E-state index contributed by atoms with van der Waals surface area (Å²) in [7, 11) is -7.50. The second-order valence-electron chi connectivity index (χ2n) is 29.9. The van der Waals surface area contributed by atoms with Crippen LogP contribution in [0.5, 0.6) is 23.0 Å². The lowest BCUT2D eigenvalue weighted by Gasteiger charge is -2.34. The number of aromatic hydroxyl groups is 4. The average molecular weight is 1760 g/mol. The molecule has 12 rings (SSSR count). The van der Waals surface area contributed by atoms with Crippen LogP contribution < -0.4 is 32.0 Å². The van der Waals surface area contributed by atoms with Crippen molar-refractivity contribution in [3.8, 4) is 23.0 Å². The lowest BCUT2D eigenvalue weighted by molar-refractivity contribution is -0.123. The number of nitrogens with two attached hydrogens (primary N) is 2. The maximum absolute atomic E-state index is 12.7. The molecule has 4 fully saturated rings. The number of rotatable bonds is 32. The molecule has 0 aliphatic carbocycles. The summed E-state index contributed by atoms with van der Waals surface area (Å²) in [6.07, 6.45) is 14.8. The van der Waals surface area contributed by atoms with Gasteiger partial charge in [-0.25, -0.2) is 48.8 Å². The number of phenolic OH excluding ortho intramolecular Hbond substituents is 4. The van der Waals surface area contributed by atoms with Gasteiger partial charge in [0.25, 0.3) is 35.4 Å². The molecular weight excluding hydrogens is 1650 g/mol. The quantitative estimate of drug-likeness (QED) is 0.0129. The fourth-order valence-electron chi connectivity index (χ4n) is 13.8. The number of para-hydroxylation sites is 4. The highest BCUT2D eigenvalue weighted by Crippen LogP contribution is 2.26. The van der Waals surface area contributed by atoms with Gasteiger partial charge < -0.3 is 30.2 Å². The largest absolute Gasteiger partial charge is 0.507 e. The first-order chi connectivity index (χ1) is 60.7. The van der Waals surface area contributed by atoms with Gasteiger partial charge >= 0.3 is 0 Å². The van der Waals surface area contributed by atoms with Gasteiger partial charge in [0.1, 0.15) is 23.0 Å². The van der Waals surface area contributed by atoms with Crippen LogP contribution in [0.15, 0.2) is 263 Å². The van der Waals surface area contributed by atoms with E-state index in [1.54, 1.807) is 82.6 Å². The van der Waals surface area contributed by atoms with Crippen molar-refractivity contribution in [1.82, 2.24) is 60.9 Å². The summed E-state index contributed by atoms with van der Waals surface area (Å²) in [6, 6.07) is 53.1. The minimum Gasteiger partial charge on any atom is -0.507 e. The van der Waals surface area contributed by atoms with Crippen molar-refractivity contribution in [2.75, 3.05) is 131 Å². The van der Waals surface area contributed by atoms with E-state index in [-0.39, 0.29) is 87.9 Å². The zero-order valence-corrected chi connectivity index (χ0v) is 72.0. The zero-order chi connectivity index (χ0) is 90.4. The van der Waals surface area contributed by atoms with Crippen LogP contribution in [0, 0.1) is 0 Å². The maximum Gasteiger partial charge on any atom is 0.254 e. The van der Waals surface area contributed by atoms with Crippen LogP contribution in [0.3, 0.4) is 0 Å². The molecule has 34 heteroatoms. The summed E-state index contributed by atoms with van der Waals surface area (Å²) < 4.78 is 45.4. The highest BCUT2D eigenvalue weighted by molar-refractivity contribution is 7.89. The summed E-state index contributed by atoms with van der Waals surface area (Å²) in [6.45, 7) is 28.1. The van der Waals surface area contributed by atoms with Crippen LogP contribution >= 0.6 is 0 Å². The molecule has 6 amide bonds. The summed E-state index contributed by atoms with van der Waals surface area (Å²) in [5.74, 6) is -0.594. The van der Waals surface area contributed by atoms with Gasteiger partial charge in [-0.2, -0.15) is 20.4 Å². The molecule has 664 valence electrons. The molecule has 0 bridgehead atoms. The van der Waals surface area contributed by atoms with E-state index < -0.39 is 20.0 Å². The number of hydrazone groups is 4. The molecule has 4 saturated heterocycles. The third-order valence-corrected chi connectivity index (χ3v) is 22.6. The van der Waals surface area contributed by atoms with Gasteiger partial charge in [-0.1, -0.05) is 133 Å². The van der Waals surface area contributed by atoms with Gasteiger partial charge in [-0.3, -0.25) is 58.2 Å². The van der Waals surface area contributed by atoms with Crippen molar-refractivity contribution in [2.45, 2.75) is 48.6 Å². The van der Waals surface area contributed by atoms with E-state index in [9.17, 15) is 66.0 Å². The minimum atomic E-state index is -3.81. The number of carbonyl (C=O) groups is 6. The lowest BCUT2D eigenvalue weighted by Crippen LogP contribution is -2.50. The molecule has 0 unspecified atom stereocenters. The molecule has 0 spiro atoms. The van der Waals surface area contributed by atoms with Crippen molar-refractivity contribution in [3.05, 3.63) is 299 Å². The number of sulfonamides is 2. The maximum atomic E-state index is 12.7. The van der Waals surface area contributed by atoms with Crippen LogP contribution in [0.25, 0.3) is 0 Å². The van der Waals surface area contributed by atoms with Gasteiger partial charge in [0.05, 0.1) is 60.8 Å². The van der Waals surface area contributed by atoms with Gasteiger partial charge in [0, 0.05) is 151 Å². The van der Waals surface area contributed by atoms with Gasteiger partial charge in [0.2, 0.25) is 20.0 Å². The van der Waals surface area contributed by atoms with Gasteiger partial charge in [-0.05, 0) is 132 Å². The molecular formula is C92H110N18O14S2. The zero-order valence-electron chi connectivity index (χ0n) is 70.4. The predicted octanol–water partition coefficient (Wildman–Crippen LogP) is 6.13. The summed E-state index contributed by atoms with van der Waals surface area (Å²) in [5, 5.41) is 66.9. The SMILES string of the molecule is C=CCc1cccc(/C=N/NC(=O)CN2CCN(C(=O)c3ccc(S(N)(=O)=O)cc3)CC2)c1O.C=CCc1cccc(/C=N/NC(=O)CN2CCN(C(=O)c3ccccc3)CC2)c1O.C=CCc1cccc(/C=N/NC(=O)CN2CCN(Cc3ccc(S(N)(=O)=O)cc3)CC2)c1O.C=CCc1cccc(/C=N/NC(=O)CN2CCN(Cc3ccccc3)CC2)c1O. The van der Waals surface area contributed by atoms with Crippen LogP contribution in [0.2, 0.25) is 0 Å². The first-order valence-corrected chi connectivity index (χ1v) is 44.0. The molecule has 0 saturated carbocycles. The van der Waals surface area contributed by atoms with Crippen molar-refractivity contribution < 1.29 is 66.0 Å². The molecule has 0 atom stereocenters. The minimum absolute atomic E-state index is 0.0165. The van der Waals surface area contributed by atoms with Crippen molar-refractivity contribution in [2.24, 2.45) is 30.7 Å². The normalized spacial score (nSPS) is 15.1. The van der Waals surface area contributed by atoms with Crippen LogP contribution in [-0.4, -0.2) is 268 Å². The Morgan fingerprint density at radius 3 is 0.841 bits per heavy atom. The van der Waals surface area contributed by atoms with Crippen LogP contribution in [0.1, 0.15) is 76.4 Å². The summed E-state index contributed by atoms with van der Waals surface area (Å²) in [4.78, 5) is 90.2. The Kier molecular flexibility index (Phi) is 38.0. The third-order valence-electron chi connectivity index (χ3n) is 20.7. The standard InChI is InChI=1S/C23H27N5O5S.C23H29N5O4S.C23H26N4O3.C23H28N4O2/c1-2-4-17-5-3-6-19(22(17)30)15-25-26-21(29)16-27-11-13-28(14-12-27)23(31)18-7-9-20(10-8-18)34(24,32)33;1-2-4-19-5-3-6-20(23(19)30)15-25-26-22(29)17-28-13-11-27(12-14-28)16-18-7-9-21(10-8-18)33(24,31)32;1-2-7-18-10-6-11-20(22(18)29)16-24-25-21(28)17-26-12-14-27(15-13-26)23(30)19-8-4-3-5-9-19;1-2-7-20-10-6-11-21(23(20)29)16-24-25-22(28)18-27-14-12-26(13-15-27)17-19-8-4-3-5-9-19/h2-3,5-10,15,30H,1,4,11-14,16H2,(H,26,29)(H2,24,32,33);2-3,5-10,15,30H,1,4,11-14,16-17H2,(H,26,29)(H2,24,31,32);2-6,8-11,16,29H,1,7,12-15,17H2,(H,25,28);2-6,8-11,16,29H,1,7,12-15,17-18H2,(H,25,28)/b2*25-15+;2*24-16+. The second kappa shape index (κ2) is 49.5. The lowest BCUT2D eigenvalue weighted by atomic mass is 10.1. The number of allylic oxidation sites excluding steroid dienone is 4. The molecule has 0 aromatic heterocycles. The number of hydrogen-bond acceptors (Lipinski definition) is 24. The Morgan fingerprint density at radius 2 is 0.563 bits per heavy atom. The number of benzene rings is 8. The topological polar surface area (TPSA) is 427 Å². The molecule has 0 radical (unpaired) electrons. The van der Waals surface area contributed by atoms with Crippen molar-refractivity contribution in [1.29, 1.82) is 0 Å². The first-order valence-electron chi connectivity index (χ1n) is 40.9. The molecule has 4 aliphatic rings. The Balaban J connectivity index is 0.000000190. The van der Waals surface area contributed by atoms with Crippen molar-refractivity contribution in [3.63, 3.8) is 0 Å². The van der Waals surface area contributed by atoms with Crippen LogP contribution in [0.4, 0.5) is 0 Å². The van der Waals surface area contributed by atoms with E-state index >= 15 is 0 Å². The fourth-order valence-corrected chi connectivity index (χ4v) is 14.9. The summed E-state index contributed by atoms with van der Waals surface area (Å²) in [5.41, 5.74) is 18.5. The Bertz CT molecular complexity index is 5380. The summed E-state index contributed by atoms with van der Waals surface area (Å²) >= 11 is 0. The number of carbonyl (C=O) groups excluding carboxylic acids is 6. The van der Waals surface area contributed by atoms with E-state index in [2.05, 4.69) is 107 Å².